The lowest BCUT2D eigenvalue weighted by Gasteiger charge is -2.14. The largest absolute Gasteiger partial charge is 0.494 e. The van der Waals surface area contributed by atoms with Gasteiger partial charge in [0, 0.05) is 18.7 Å². The third-order valence-electron chi connectivity index (χ3n) is 4.37. The number of anilines is 1. The number of thiocarbonyl (C=S) groups is 1. The molecule has 1 heterocycles. The van der Waals surface area contributed by atoms with Gasteiger partial charge in [-0.15, -0.1) is 0 Å². The summed E-state index contributed by atoms with van der Waals surface area (Å²) in [6, 6.07) is 14.7. The van der Waals surface area contributed by atoms with Crippen LogP contribution in [-0.2, 0) is 9.59 Å². The van der Waals surface area contributed by atoms with Crippen LogP contribution >= 0.6 is 24.0 Å². The number of amides is 2. The van der Waals surface area contributed by atoms with E-state index in [0.717, 1.165) is 17.1 Å². The summed E-state index contributed by atoms with van der Waals surface area (Å²) in [6.45, 7) is 5.26. The van der Waals surface area contributed by atoms with Gasteiger partial charge in [0.1, 0.15) is 15.8 Å². The third-order valence-corrected chi connectivity index (χ3v) is 5.75. The van der Waals surface area contributed by atoms with Gasteiger partial charge in [-0.05, 0) is 61.9 Å². The molecule has 1 fully saturated rings. The molecule has 0 bridgehead atoms. The first-order valence-corrected chi connectivity index (χ1v) is 11.2. The van der Waals surface area contributed by atoms with Crippen LogP contribution in [0.15, 0.2) is 53.4 Å². The van der Waals surface area contributed by atoms with Crippen LogP contribution in [0, 0.1) is 0 Å². The van der Waals surface area contributed by atoms with Gasteiger partial charge in [-0.2, -0.15) is 0 Å². The van der Waals surface area contributed by atoms with Crippen LogP contribution in [0.1, 0.15) is 25.8 Å². The van der Waals surface area contributed by atoms with Gasteiger partial charge >= 0.3 is 0 Å². The van der Waals surface area contributed by atoms with Crippen molar-refractivity contribution in [3.63, 3.8) is 0 Å². The number of ether oxygens (including phenoxy) is 2. The van der Waals surface area contributed by atoms with Crippen molar-refractivity contribution in [2.24, 2.45) is 0 Å². The standard InChI is InChI=1S/C23H24N2O4S2/c1-3-28-18-9-5-16(6-10-18)15-20-22(27)25(23(30)31-20)14-13-21(26)24-17-7-11-19(12-8-17)29-4-2/h5-12,15H,3-4,13-14H2,1-2H3,(H,24,26). The average molecular weight is 457 g/mol. The molecule has 1 aliphatic rings. The van der Waals surface area contributed by atoms with Crippen molar-refractivity contribution in [2.75, 3.05) is 25.1 Å². The lowest BCUT2D eigenvalue weighted by atomic mass is 10.2. The number of carbonyl (C=O) groups is 2. The van der Waals surface area contributed by atoms with E-state index in [9.17, 15) is 9.59 Å². The summed E-state index contributed by atoms with van der Waals surface area (Å²) in [5, 5.41) is 2.82. The van der Waals surface area contributed by atoms with E-state index in [0.29, 0.717) is 28.1 Å². The minimum atomic E-state index is -0.186. The van der Waals surface area contributed by atoms with E-state index in [1.807, 2.05) is 38.1 Å². The summed E-state index contributed by atoms with van der Waals surface area (Å²) in [5.41, 5.74) is 1.56. The number of benzene rings is 2. The van der Waals surface area contributed by atoms with Gasteiger partial charge in [-0.1, -0.05) is 36.1 Å². The van der Waals surface area contributed by atoms with Gasteiger partial charge in [-0.3, -0.25) is 14.5 Å². The Balaban J connectivity index is 1.55. The molecular formula is C23H24N2O4S2. The van der Waals surface area contributed by atoms with Gasteiger partial charge in [-0.25, -0.2) is 0 Å². The average Bonchev–Trinajstić information content (AvgIpc) is 3.02. The Hall–Kier alpha value is -2.84. The molecule has 2 aromatic rings. The molecule has 1 N–H and O–H groups in total. The molecule has 0 radical (unpaired) electrons. The predicted molar refractivity (Wildman–Crippen MR) is 128 cm³/mol. The summed E-state index contributed by atoms with van der Waals surface area (Å²) in [4.78, 5) is 27.0. The Bertz CT molecular complexity index is 972. The zero-order chi connectivity index (χ0) is 22.2. The number of hydrogen-bond acceptors (Lipinski definition) is 6. The molecule has 0 saturated carbocycles. The van der Waals surface area contributed by atoms with Gasteiger partial charge < -0.3 is 14.8 Å². The highest BCUT2D eigenvalue weighted by molar-refractivity contribution is 8.26. The fourth-order valence-corrected chi connectivity index (χ4v) is 4.22. The maximum absolute atomic E-state index is 12.7. The first-order chi connectivity index (χ1) is 15.0. The third kappa shape index (κ3) is 6.32. The lowest BCUT2D eigenvalue weighted by molar-refractivity contribution is -0.122. The Morgan fingerprint density at radius 3 is 2.19 bits per heavy atom. The molecule has 31 heavy (non-hydrogen) atoms. The number of nitrogens with one attached hydrogen (secondary N) is 1. The molecule has 2 aromatic carbocycles. The van der Waals surface area contributed by atoms with Gasteiger partial charge in [0.15, 0.2) is 0 Å². The van der Waals surface area contributed by atoms with Crippen LogP contribution in [0.2, 0.25) is 0 Å². The van der Waals surface area contributed by atoms with Crippen molar-refractivity contribution < 1.29 is 19.1 Å². The van der Waals surface area contributed by atoms with E-state index < -0.39 is 0 Å². The fourth-order valence-electron chi connectivity index (χ4n) is 2.91. The molecule has 162 valence electrons. The molecule has 6 nitrogen and oxygen atoms in total. The molecular weight excluding hydrogens is 432 g/mol. The highest BCUT2D eigenvalue weighted by atomic mass is 32.2. The van der Waals surface area contributed by atoms with Crippen molar-refractivity contribution >= 4 is 51.9 Å². The zero-order valence-electron chi connectivity index (χ0n) is 17.4. The predicted octanol–water partition coefficient (Wildman–Crippen LogP) is 4.71. The summed E-state index contributed by atoms with van der Waals surface area (Å²) in [7, 11) is 0. The van der Waals surface area contributed by atoms with Gasteiger partial charge in [0.25, 0.3) is 5.91 Å². The van der Waals surface area contributed by atoms with Crippen molar-refractivity contribution in [2.45, 2.75) is 20.3 Å². The molecule has 8 heteroatoms. The second kappa shape index (κ2) is 11.0. The molecule has 1 saturated heterocycles. The van der Waals surface area contributed by atoms with Crippen LogP contribution in [0.3, 0.4) is 0 Å². The van der Waals surface area contributed by atoms with E-state index in [1.54, 1.807) is 30.3 Å². The quantitative estimate of drug-likeness (QED) is 0.435. The van der Waals surface area contributed by atoms with E-state index in [-0.39, 0.29) is 24.8 Å². The van der Waals surface area contributed by atoms with E-state index in [2.05, 4.69) is 5.32 Å². The van der Waals surface area contributed by atoms with Crippen LogP contribution in [0.25, 0.3) is 6.08 Å². The SMILES string of the molecule is CCOc1ccc(C=C2SC(=S)N(CCC(=O)Nc3ccc(OCC)cc3)C2=O)cc1. The molecule has 2 amide bonds. The monoisotopic (exact) mass is 456 g/mol. The highest BCUT2D eigenvalue weighted by Gasteiger charge is 2.32. The molecule has 0 aliphatic carbocycles. The van der Waals surface area contributed by atoms with Crippen LogP contribution < -0.4 is 14.8 Å². The Morgan fingerprint density at radius 2 is 1.61 bits per heavy atom. The number of rotatable bonds is 9. The van der Waals surface area contributed by atoms with Crippen molar-refractivity contribution in [3.05, 3.63) is 59.0 Å². The molecule has 0 unspecified atom stereocenters. The van der Waals surface area contributed by atoms with Crippen molar-refractivity contribution in [1.82, 2.24) is 4.90 Å². The van der Waals surface area contributed by atoms with E-state index in [1.165, 1.54) is 16.7 Å². The Kier molecular flexibility index (Phi) is 8.08. The maximum atomic E-state index is 12.7. The fraction of sp³-hybridized carbons (Fsp3) is 0.261. The smallest absolute Gasteiger partial charge is 0.266 e. The van der Waals surface area contributed by atoms with E-state index in [4.69, 9.17) is 21.7 Å². The van der Waals surface area contributed by atoms with Crippen molar-refractivity contribution in [1.29, 1.82) is 0 Å². The normalized spacial score (nSPS) is 14.8. The highest BCUT2D eigenvalue weighted by Crippen LogP contribution is 2.33. The van der Waals surface area contributed by atoms with E-state index >= 15 is 0 Å². The minimum absolute atomic E-state index is 0.149. The second-order valence-electron chi connectivity index (χ2n) is 6.59. The van der Waals surface area contributed by atoms with Crippen LogP contribution in [0.4, 0.5) is 5.69 Å². The van der Waals surface area contributed by atoms with Gasteiger partial charge in [0.05, 0.1) is 18.1 Å². The van der Waals surface area contributed by atoms with Gasteiger partial charge in [0.2, 0.25) is 5.91 Å². The Morgan fingerprint density at radius 1 is 1.03 bits per heavy atom. The first kappa shape index (κ1) is 22.8. The topological polar surface area (TPSA) is 67.9 Å². The lowest BCUT2D eigenvalue weighted by Crippen LogP contribution is -2.31. The molecule has 0 atom stereocenters. The summed E-state index contributed by atoms with van der Waals surface area (Å²) < 4.78 is 11.3. The van der Waals surface area contributed by atoms with Crippen LogP contribution in [0.5, 0.6) is 11.5 Å². The number of carbonyl (C=O) groups excluding carboxylic acids is 2. The molecule has 0 aromatic heterocycles. The molecule has 3 rings (SSSR count). The minimum Gasteiger partial charge on any atom is -0.494 e. The van der Waals surface area contributed by atoms with Crippen LogP contribution in [-0.4, -0.2) is 40.8 Å². The molecule has 1 aliphatic heterocycles. The maximum Gasteiger partial charge on any atom is 0.266 e. The summed E-state index contributed by atoms with van der Waals surface area (Å²) in [6.07, 6.45) is 1.95. The number of thioether (sulfide) groups is 1. The number of nitrogens with zero attached hydrogens (tertiary/aromatic N) is 1. The Labute approximate surface area is 191 Å². The van der Waals surface area contributed by atoms with Crippen molar-refractivity contribution in [3.8, 4) is 11.5 Å². The summed E-state index contributed by atoms with van der Waals surface area (Å²) >= 11 is 6.59. The second-order valence-corrected chi connectivity index (χ2v) is 8.27. The summed E-state index contributed by atoms with van der Waals surface area (Å²) in [5.74, 6) is 1.16. The zero-order valence-corrected chi connectivity index (χ0v) is 19.1. The first-order valence-electron chi connectivity index (χ1n) is 10.0. The number of hydrogen-bond donors (Lipinski definition) is 1. The molecule has 0 spiro atoms.